The molecule has 1 fully saturated rings. The molecular weight excluding hydrogens is 232 g/mol. The van der Waals surface area contributed by atoms with Crippen LogP contribution in [0.1, 0.15) is 13.8 Å². The standard InChI is InChI=1S/C10H20N2O3.ClH/c1-10(2,7-14-3)12-9(13)6-15-8-4-11-5-8;/h8,11H,4-7H2,1-3H3,(H,12,13);1H. The quantitative estimate of drug-likeness (QED) is 0.695. The number of carbonyl (C=O) groups excluding carboxylic acids is 1. The lowest BCUT2D eigenvalue weighted by Gasteiger charge is -2.29. The van der Waals surface area contributed by atoms with Crippen LogP contribution in [0.15, 0.2) is 0 Å². The molecule has 1 amide bonds. The van der Waals surface area contributed by atoms with E-state index in [1.54, 1.807) is 7.11 Å². The Morgan fingerprint density at radius 2 is 2.12 bits per heavy atom. The molecule has 0 unspecified atom stereocenters. The van der Waals surface area contributed by atoms with E-state index in [4.69, 9.17) is 9.47 Å². The number of ether oxygens (including phenoxy) is 2. The maximum atomic E-state index is 11.5. The summed E-state index contributed by atoms with van der Waals surface area (Å²) >= 11 is 0. The second kappa shape index (κ2) is 7.06. The number of carbonyl (C=O) groups is 1. The Hall–Kier alpha value is -0.360. The topological polar surface area (TPSA) is 59.6 Å². The number of nitrogens with one attached hydrogen (secondary N) is 2. The van der Waals surface area contributed by atoms with Crippen molar-refractivity contribution in [2.75, 3.05) is 33.4 Å². The van der Waals surface area contributed by atoms with Crippen LogP contribution < -0.4 is 10.6 Å². The van der Waals surface area contributed by atoms with Crippen molar-refractivity contribution in [1.82, 2.24) is 10.6 Å². The van der Waals surface area contributed by atoms with E-state index >= 15 is 0 Å². The molecule has 1 saturated heterocycles. The molecule has 0 radical (unpaired) electrons. The Bertz CT molecular complexity index is 220. The zero-order chi connectivity index (χ0) is 11.3. The van der Waals surface area contributed by atoms with Gasteiger partial charge in [-0.15, -0.1) is 12.4 Å². The Morgan fingerprint density at radius 3 is 2.56 bits per heavy atom. The van der Waals surface area contributed by atoms with Crippen LogP contribution >= 0.6 is 12.4 Å². The summed E-state index contributed by atoms with van der Waals surface area (Å²) in [6, 6.07) is 0. The molecule has 16 heavy (non-hydrogen) atoms. The predicted octanol–water partition coefficient (Wildman–Crippen LogP) is -0.0622. The van der Waals surface area contributed by atoms with Crippen LogP contribution in [-0.4, -0.2) is 51.0 Å². The van der Waals surface area contributed by atoms with Gasteiger partial charge in [-0.25, -0.2) is 0 Å². The first-order chi connectivity index (χ1) is 7.03. The molecule has 2 N–H and O–H groups in total. The molecule has 0 aliphatic carbocycles. The van der Waals surface area contributed by atoms with Gasteiger partial charge in [-0.2, -0.15) is 0 Å². The summed E-state index contributed by atoms with van der Waals surface area (Å²) < 4.78 is 10.3. The van der Waals surface area contributed by atoms with E-state index in [1.807, 2.05) is 13.8 Å². The van der Waals surface area contributed by atoms with Gasteiger partial charge < -0.3 is 20.1 Å². The van der Waals surface area contributed by atoms with Gasteiger partial charge in [0.1, 0.15) is 6.61 Å². The smallest absolute Gasteiger partial charge is 0.246 e. The van der Waals surface area contributed by atoms with Crippen molar-refractivity contribution in [1.29, 1.82) is 0 Å². The summed E-state index contributed by atoms with van der Waals surface area (Å²) in [6.45, 7) is 6.13. The molecule has 0 saturated carbocycles. The van der Waals surface area contributed by atoms with Crippen molar-refractivity contribution < 1.29 is 14.3 Å². The van der Waals surface area contributed by atoms with Crippen LogP contribution in [0.3, 0.4) is 0 Å². The Labute approximate surface area is 103 Å². The number of methoxy groups -OCH3 is 1. The minimum atomic E-state index is -0.340. The lowest BCUT2D eigenvalue weighted by molar-refractivity contribution is -0.130. The van der Waals surface area contributed by atoms with E-state index in [0.29, 0.717) is 6.61 Å². The highest BCUT2D eigenvalue weighted by atomic mass is 35.5. The molecule has 1 aliphatic heterocycles. The average Bonchev–Trinajstić information content (AvgIpc) is 1.99. The third kappa shape index (κ3) is 5.65. The van der Waals surface area contributed by atoms with Gasteiger partial charge in [0, 0.05) is 20.2 Å². The van der Waals surface area contributed by atoms with Gasteiger partial charge in [-0.1, -0.05) is 0 Å². The van der Waals surface area contributed by atoms with Crippen LogP contribution in [0.4, 0.5) is 0 Å². The first kappa shape index (κ1) is 15.6. The van der Waals surface area contributed by atoms with Gasteiger partial charge in [-0.3, -0.25) is 4.79 Å². The molecular formula is C10H21ClN2O3. The highest BCUT2D eigenvalue weighted by Crippen LogP contribution is 2.02. The highest BCUT2D eigenvalue weighted by molar-refractivity contribution is 5.85. The third-order valence-electron chi connectivity index (χ3n) is 2.18. The zero-order valence-corrected chi connectivity index (χ0v) is 10.9. The second-order valence-electron chi connectivity index (χ2n) is 4.46. The highest BCUT2D eigenvalue weighted by Gasteiger charge is 2.22. The molecule has 0 aromatic carbocycles. The molecule has 0 spiro atoms. The molecule has 0 aromatic heterocycles. The van der Waals surface area contributed by atoms with E-state index in [0.717, 1.165) is 13.1 Å². The normalized spacial score (nSPS) is 16.2. The van der Waals surface area contributed by atoms with Crippen LogP contribution in [0, 0.1) is 0 Å². The zero-order valence-electron chi connectivity index (χ0n) is 10.0. The fourth-order valence-electron chi connectivity index (χ4n) is 1.38. The summed E-state index contributed by atoms with van der Waals surface area (Å²) in [5.41, 5.74) is -0.340. The Morgan fingerprint density at radius 1 is 1.50 bits per heavy atom. The van der Waals surface area contributed by atoms with Crippen LogP contribution in [0.2, 0.25) is 0 Å². The molecule has 1 rings (SSSR count). The molecule has 5 nitrogen and oxygen atoms in total. The van der Waals surface area contributed by atoms with Crippen LogP contribution in [0.5, 0.6) is 0 Å². The molecule has 6 heteroatoms. The average molecular weight is 253 g/mol. The van der Waals surface area contributed by atoms with Crippen molar-refractivity contribution in [2.24, 2.45) is 0 Å². The number of rotatable bonds is 6. The molecule has 0 atom stereocenters. The van der Waals surface area contributed by atoms with Crippen molar-refractivity contribution in [3.8, 4) is 0 Å². The predicted molar refractivity (Wildman–Crippen MR) is 64.0 cm³/mol. The number of hydrogen-bond acceptors (Lipinski definition) is 4. The van der Waals surface area contributed by atoms with Gasteiger partial charge in [0.25, 0.3) is 0 Å². The van der Waals surface area contributed by atoms with Crippen LogP contribution in [0.25, 0.3) is 0 Å². The fourth-order valence-corrected chi connectivity index (χ4v) is 1.38. The Kier molecular flexibility index (Phi) is 6.90. The molecule has 1 heterocycles. The van der Waals surface area contributed by atoms with E-state index in [9.17, 15) is 4.79 Å². The van der Waals surface area contributed by atoms with Crippen molar-refractivity contribution in [3.05, 3.63) is 0 Å². The number of amides is 1. The third-order valence-corrected chi connectivity index (χ3v) is 2.18. The van der Waals surface area contributed by atoms with Crippen molar-refractivity contribution in [2.45, 2.75) is 25.5 Å². The largest absolute Gasteiger partial charge is 0.382 e. The van der Waals surface area contributed by atoms with E-state index in [-0.39, 0.29) is 36.6 Å². The monoisotopic (exact) mass is 252 g/mol. The molecule has 96 valence electrons. The van der Waals surface area contributed by atoms with Gasteiger partial charge in [0.05, 0.1) is 18.2 Å². The fraction of sp³-hybridized carbons (Fsp3) is 0.900. The second-order valence-corrected chi connectivity index (χ2v) is 4.46. The minimum absolute atomic E-state index is 0. The number of hydrogen-bond donors (Lipinski definition) is 2. The van der Waals surface area contributed by atoms with Gasteiger partial charge >= 0.3 is 0 Å². The van der Waals surface area contributed by atoms with Gasteiger partial charge in [0.2, 0.25) is 5.91 Å². The molecule has 1 aliphatic rings. The van der Waals surface area contributed by atoms with Gasteiger partial charge in [0.15, 0.2) is 0 Å². The summed E-state index contributed by atoms with van der Waals surface area (Å²) in [4.78, 5) is 11.5. The Balaban J connectivity index is 0.00000225. The maximum absolute atomic E-state index is 11.5. The SMILES string of the molecule is COCC(C)(C)NC(=O)COC1CNC1.Cl. The lowest BCUT2D eigenvalue weighted by atomic mass is 10.1. The summed E-state index contributed by atoms with van der Waals surface area (Å²) in [6.07, 6.45) is 0.196. The number of halogens is 1. The molecule has 0 bridgehead atoms. The van der Waals surface area contributed by atoms with E-state index in [1.165, 1.54) is 0 Å². The van der Waals surface area contributed by atoms with Gasteiger partial charge in [-0.05, 0) is 13.8 Å². The minimum Gasteiger partial charge on any atom is -0.382 e. The summed E-state index contributed by atoms with van der Waals surface area (Å²) in [7, 11) is 1.62. The van der Waals surface area contributed by atoms with E-state index in [2.05, 4.69) is 10.6 Å². The first-order valence-corrected chi connectivity index (χ1v) is 5.16. The summed E-state index contributed by atoms with van der Waals surface area (Å²) in [5.74, 6) is -0.0936. The lowest BCUT2D eigenvalue weighted by Crippen LogP contribution is -2.52. The van der Waals surface area contributed by atoms with Crippen LogP contribution in [-0.2, 0) is 14.3 Å². The molecule has 0 aromatic rings. The van der Waals surface area contributed by atoms with E-state index < -0.39 is 0 Å². The summed E-state index contributed by atoms with van der Waals surface area (Å²) in [5, 5.41) is 5.93. The first-order valence-electron chi connectivity index (χ1n) is 5.16. The van der Waals surface area contributed by atoms with Crippen molar-refractivity contribution in [3.63, 3.8) is 0 Å². The maximum Gasteiger partial charge on any atom is 0.246 e. The van der Waals surface area contributed by atoms with Crippen molar-refractivity contribution >= 4 is 18.3 Å².